The number of piperazine rings is 1. The van der Waals surface area contributed by atoms with E-state index in [2.05, 4.69) is 4.90 Å². The Morgan fingerprint density at radius 1 is 1.19 bits per heavy atom. The number of hydrogen-bond acceptors (Lipinski definition) is 5. The molecule has 3 aliphatic heterocycles. The molecular weight excluding hydrogens is 296 g/mol. The maximum Gasteiger partial charge on any atom is 0.410 e. The molecule has 2 fully saturated rings. The van der Waals surface area contributed by atoms with E-state index in [1.165, 1.54) is 0 Å². The maximum absolute atomic E-state index is 11.5. The second-order valence-corrected chi connectivity index (χ2v) is 5.86. The fraction of sp³-hybridized carbons (Fsp3) is 0.500. The Morgan fingerprint density at radius 2 is 2.00 bits per heavy atom. The van der Waals surface area contributed by atoms with Gasteiger partial charge < -0.3 is 14.2 Å². The Bertz CT molecular complexity index is 595. The van der Waals surface area contributed by atoms with E-state index < -0.39 is 0 Å². The topological polar surface area (TPSA) is 51.2 Å². The molecule has 3 heterocycles. The molecule has 0 unspecified atom stereocenters. The Kier molecular flexibility index (Phi) is 3.08. The largest absolute Gasteiger partial charge is 0.454 e. The van der Waals surface area contributed by atoms with Crippen LogP contribution in [-0.2, 0) is 11.3 Å². The number of halogens is 1. The van der Waals surface area contributed by atoms with Gasteiger partial charge in [-0.05, 0) is 11.6 Å². The van der Waals surface area contributed by atoms with Crippen LogP contribution in [-0.4, -0.2) is 55.0 Å². The van der Waals surface area contributed by atoms with Crippen molar-refractivity contribution in [1.29, 1.82) is 0 Å². The van der Waals surface area contributed by atoms with Crippen LogP contribution < -0.4 is 9.47 Å². The first-order valence-electron chi connectivity index (χ1n) is 6.94. The minimum Gasteiger partial charge on any atom is -0.454 e. The van der Waals surface area contributed by atoms with Gasteiger partial charge in [-0.2, -0.15) is 0 Å². The lowest BCUT2D eigenvalue weighted by Crippen LogP contribution is -2.51. The molecule has 112 valence electrons. The summed E-state index contributed by atoms with van der Waals surface area (Å²) in [6.07, 6.45) is -0.194. The molecule has 3 aliphatic rings. The quantitative estimate of drug-likeness (QED) is 0.832. The molecule has 1 aromatic rings. The molecular formula is C14H15ClN2O4. The molecule has 0 bridgehead atoms. The second kappa shape index (κ2) is 4.96. The molecule has 0 aromatic heterocycles. The molecule has 1 amide bonds. The smallest absolute Gasteiger partial charge is 0.410 e. The molecule has 0 radical (unpaired) electrons. The van der Waals surface area contributed by atoms with Crippen LogP contribution in [0, 0.1) is 0 Å². The zero-order chi connectivity index (χ0) is 14.4. The summed E-state index contributed by atoms with van der Waals surface area (Å²) < 4.78 is 15.8. The monoisotopic (exact) mass is 310 g/mol. The fourth-order valence-corrected chi connectivity index (χ4v) is 3.23. The first-order chi connectivity index (χ1) is 10.2. The van der Waals surface area contributed by atoms with Gasteiger partial charge in [0.05, 0.1) is 6.04 Å². The number of nitrogens with zero attached hydrogens (tertiary/aromatic N) is 2. The number of ether oxygens (including phenoxy) is 3. The van der Waals surface area contributed by atoms with Crippen molar-refractivity contribution in [3.8, 4) is 11.5 Å². The molecule has 0 aliphatic carbocycles. The van der Waals surface area contributed by atoms with Gasteiger partial charge >= 0.3 is 6.09 Å². The number of fused-ring (bicyclic) bond motifs is 2. The molecule has 0 N–H and O–H groups in total. The van der Waals surface area contributed by atoms with Gasteiger partial charge in [0.25, 0.3) is 0 Å². The van der Waals surface area contributed by atoms with E-state index in [1.54, 1.807) is 11.0 Å². The number of rotatable bonds is 2. The Hall–Kier alpha value is -1.66. The predicted octanol–water partition coefficient (Wildman–Crippen LogP) is 1.71. The lowest BCUT2D eigenvalue weighted by atomic mass is 10.1. The summed E-state index contributed by atoms with van der Waals surface area (Å²) in [5.74, 6) is 1.44. The molecule has 21 heavy (non-hydrogen) atoms. The summed E-state index contributed by atoms with van der Waals surface area (Å²) in [5, 5.41) is 0.681. The number of carbonyl (C=O) groups is 1. The van der Waals surface area contributed by atoms with Crippen molar-refractivity contribution >= 4 is 17.7 Å². The molecule has 2 saturated heterocycles. The van der Waals surface area contributed by atoms with Crippen molar-refractivity contribution in [2.24, 2.45) is 0 Å². The van der Waals surface area contributed by atoms with Crippen molar-refractivity contribution in [1.82, 2.24) is 9.80 Å². The van der Waals surface area contributed by atoms with Gasteiger partial charge in [0.15, 0.2) is 11.5 Å². The van der Waals surface area contributed by atoms with Crippen LogP contribution >= 0.6 is 11.6 Å². The standard InChI is InChI=1S/C14H15ClN2O4/c15-11-4-13-12(20-8-21-13)3-9(11)5-16-1-2-17-10(6-16)7-19-14(17)18/h3-4,10H,1-2,5-8H2/t10-/m0/s1. The van der Waals surface area contributed by atoms with E-state index in [0.29, 0.717) is 23.9 Å². The maximum atomic E-state index is 11.5. The molecule has 1 aromatic carbocycles. The Morgan fingerprint density at radius 3 is 2.86 bits per heavy atom. The lowest BCUT2D eigenvalue weighted by Gasteiger charge is -2.35. The normalized spacial score (nSPS) is 24.1. The van der Waals surface area contributed by atoms with Crippen LogP contribution in [0.2, 0.25) is 5.02 Å². The van der Waals surface area contributed by atoms with Crippen LogP contribution in [0.5, 0.6) is 11.5 Å². The van der Waals surface area contributed by atoms with E-state index in [0.717, 1.165) is 30.9 Å². The average Bonchev–Trinajstić information content (AvgIpc) is 3.06. The molecule has 7 heteroatoms. The molecule has 0 spiro atoms. The van der Waals surface area contributed by atoms with E-state index in [1.807, 2.05) is 6.07 Å². The zero-order valence-electron chi connectivity index (χ0n) is 11.4. The first kappa shape index (κ1) is 13.0. The van der Waals surface area contributed by atoms with Crippen LogP contribution in [0.15, 0.2) is 12.1 Å². The third-order valence-corrected chi connectivity index (χ3v) is 4.49. The van der Waals surface area contributed by atoms with Crippen molar-refractivity contribution in [3.05, 3.63) is 22.7 Å². The Labute approximate surface area is 127 Å². The highest BCUT2D eigenvalue weighted by atomic mass is 35.5. The fourth-order valence-electron chi connectivity index (χ4n) is 3.02. The molecule has 0 saturated carbocycles. The summed E-state index contributed by atoms with van der Waals surface area (Å²) in [6.45, 7) is 3.77. The third kappa shape index (κ3) is 2.28. The van der Waals surface area contributed by atoms with E-state index in [-0.39, 0.29) is 18.9 Å². The zero-order valence-corrected chi connectivity index (χ0v) is 12.1. The third-order valence-electron chi connectivity index (χ3n) is 4.14. The van der Waals surface area contributed by atoms with Crippen molar-refractivity contribution in [2.75, 3.05) is 33.0 Å². The summed E-state index contributed by atoms with van der Waals surface area (Å²) in [4.78, 5) is 15.6. The SMILES string of the molecule is O=C1OC[C@@H]2CN(Cc3cc4c(cc3Cl)OCO4)CCN12. The van der Waals surface area contributed by atoms with Crippen molar-refractivity contribution < 1.29 is 19.0 Å². The van der Waals surface area contributed by atoms with Crippen molar-refractivity contribution in [2.45, 2.75) is 12.6 Å². The van der Waals surface area contributed by atoms with Crippen LogP contribution in [0.1, 0.15) is 5.56 Å². The van der Waals surface area contributed by atoms with Crippen molar-refractivity contribution in [3.63, 3.8) is 0 Å². The van der Waals surface area contributed by atoms with E-state index in [9.17, 15) is 4.79 Å². The first-order valence-corrected chi connectivity index (χ1v) is 7.32. The summed E-state index contributed by atoms with van der Waals surface area (Å²) in [5.41, 5.74) is 1.01. The highest BCUT2D eigenvalue weighted by molar-refractivity contribution is 6.31. The highest BCUT2D eigenvalue weighted by Crippen LogP contribution is 2.37. The minimum atomic E-state index is -0.194. The Balaban J connectivity index is 1.48. The van der Waals surface area contributed by atoms with Gasteiger partial charge in [-0.3, -0.25) is 9.80 Å². The van der Waals surface area contributed by atoms with Gasteiger partial charge in [-0.15, -0.1) is 0 Å². The van der Waals surface area contributed by atoms with E-state index >= 15 is 0 Å². The summed E-state index contributed by atoms with van der Waals surface area (Å²) >= 11 is 6.31. The summed E-state index contributed by atoms with van der Waals surface area (Å²) in [7, 11) is 0. The number of carbonyl (C=O) groups excluding carboxylic acids is 1. The van der Waals surface area contributed by atoms with Crippen LogP contribution in [0.25, 0.3) is 0 Å². The average molecular weight is 311 g/mol. The van der Waals surface area contributed by atoms with Crippen LogP contribution in [0.3, 0.4) is 0 Å². The summed E-state index contributed by atoms with van der Waals surface area (Å²) in [6, 6.07) is 3.89. The van der Waals surface area contributed by atoms with Gasteiger partial charge in [0.2, 0.25) is 6.79 Å². The molecule has 4 rings (SSSR count). The molecule has 6 nitrogen and oxygen atoms in total. The highest BCUT2D eigenvalue weighted by Gasteiger charge is 2.37. The van der Waals surface area contributed by atoms with E-state index in [4.69, 9.17) is 25.8 Å². The lowest BCUT2D eigenvalue weighted by molar-refractivity contribution is 0.115. The number of hydrogen-bond donors (Lipinski definition) is 0. The van der Waals surface area contributed by atoms with Gasteiger partial charge in [0.1, 0.15) is 6.61 Å². The minimum absolute atomic E-state index is 0.152. The van der Waals surface area contributed by atoms with Gasteiger partial charge in [-0.25, -0.2) is 4.79 Å². The number of benzene rings is 1. The number of amides is 1. The number of cyclic esters (lactones) is 1. The second-order valence-electron chi connectivity index (χ2n) is 5.46. The van der Waals surface area contributed by atoms with Crippen LogP contribution in [0.4, 0.5) is 4.79 Å². The van der Waals surface area contributed by atoms with Gasteiger partial charge in [-0.1, -0.05) is 11.6 Å². The predicted molar refractivity (Wildman–Crippen MR) is 74.7 cm³/mol. The molecule has 1 atom stereocenters. The van der Waals surface area contributed by atoms with Gasteiger partial charge in [0, 0.05) is 37.3 Å².